The van der Waals surface area contributed by atoms with Gasteiger partial charge in [0, 0.05) is 0 Å². The van der Waals surface area contributed by atoms with Crippen LogP contribution in [0.25, 0.3) is 0 Å². The Bertz CT molecular complexity index is 191. The number of rotatable bonds is 3. The summed E-state index contributed by atoms with van der Waals surface area (Å²) < 4.78 is 2.91. The van der Waals surface area contributed by atoms with Gasteiger partial charge in [0.1, 0.15) is 0 Å². The van der Waals surface area contributed by atoms with Gasteiger partial charge in [-0.25, -0.2) is 0 Å². The van der Waals surface area contributed by atoms with Gasteiger partial charge in [0.05, 0.1) is 0 Å². The van der Waals surface area contributed by atoms with Crippen LogP contribution in [0.2, 0.25) is 3.93 Å². The SMILES string of the molecule is C=C[CH2][Hg][c]1ccccc1. The predicted molar refractivity (Wildman–Crippen MR) is 41.1 cm³/mol. The first-order valence-electron chi connectivity index (χ1n) is 3.58. The van der Waals surface area contributed by atoms with Gasteiger partial charge in [-0.1, -0.05) is 0 Å². The van der Waals surface area contributed by atoms with E-state index in [2.05, 4.69) is 43.0 Å². The van der Waals surface area contributed by atoms with E-state index in [-0.39, 0.29) is 0 Å². The monoisotopic (exact) mass is 320 g/mol. The van der Waals surface area contributed by atoms with Crippen molar-refractivity contribution in [1.29, 1.82) is 0 Å². The van der Waals surface area contributed by atoms with E-state index in [0.717, 1.165) is 0 Å². The molecule has 0 aliphatic heterocycles. The van der Waals surface area contributed by atoms with E-state index in [0.29, 0.717) is 0 Å². The maximum atomic E-state index is 3.73. The minimum atomic E-state index is -0.716. The van der Waals surface area contributed by atoms with Crippen LogP contribution >= 0.6 is 0 Å². The standard InChI is InChI=1S/C6H5.C3H5.Hg/c1-2-4-6-5-3-1;1-3-2;/h1-5H;3H,1-2H2;. The first kappa shape index (κ1) is 8.00. The van der Waals surface area contributed by atoms with Gasteiger partial charge in [-0.05, 0) is 0 Å². The zero-order valence-corrected chi connectivity index (χ0v) is 11.6. The zero-order chi connectivity index (χ0) is 7.23. The molecule has 0 aliphatic carbocycles. The topological polar surface area (TPSA) is 0 Å². The van der Waals surface area contributed by atoms with E-state index < -0.39 is 24.6 Å². The third-order valence-corrected chi connectivity index (χ3v) is 8.27. The molecule has 0 bridgehead atoms. The molecule has 0 saturated heterocycles. The molecule has 0 radical (unpaired) electrons. The van der Waals surface area contributed by atoms with Gasteiger partial charge in [-0.2, -0.15) is 0 Å². The summed E-state index contributed by atoms with van der Waals surface area (Å²) in [5.41, 5.74) is 0. The molecule has 0 nitrogen and oxygen atoms in total. The van der Waals surface area contributed by atoms with Crippen molar-refractivity contribution in [2.24, 2.45) is 0 Å². The molecule has 0 fully saturated rings. The molecule has 0 saturated carbocycles. The fraction of sp³-hybridized carbons (Fsp3) is 0.111. The van der Waals surface area contributed by atoms with Gasteiger partial charge in [0.2, 0.25) is 0 Å². The van der Waals surface area contributed by atoms with E-state index in [9.17, 15) is 0 Å². The van der Waals surface area contributed by atoms with Crippen LogP contribution < -0.4 is 3.07 Å². The molecule has 0 heterocycles. The summed E-state index contributed by atoms with van der Waals surface area (Å²) in [4.78, 5) is 0. The summed E-state index contributed by atoms with van der Waals surface area (Å²) in [6.45, 7) is 3.73. The van der Waals surface area contributed by atoms with Crippen molar-refractivity contribution in [2.45, 2.75) is 3.93 Å². The molecule has 10 heavy (non-hydrogen) atoms. The van der Waals surface area contributed by atoms with Crippen LogP contribution in [0.1, 0.15) is 0 Å². The molecular weight excluding hydrogens is 309 g/mol. The van der Waals surface area contributed by atoms with Gasteiger partial charge in [0.25, 0.3) is 0 Å². The number of allylic oxidation sites excluding steroid dienone is 1. The summed E-state index contributed by atoms with van der Waals surface area (Å²) in [5.74, 6) is 0. The molecular formula is C9H10Hg. The Morgan fingerprint density at radius 1 is 1.30 bits per heavy atom. The van der Waals surface area contributed by atoms with Gasteiger partial charge in [-0.3, -0.25) is 0 Å². The van der Waals surface area contributed by atoms with Crippen LogP contribution in [0, 0.1) is 0 Å². The van der Waals surface area contributed by atoms with Crippen LogP contribution in [-0.4, -0.2) is 0 Å². The van der Waals surface area contributed by atoms with Crippen LogP contribution in [-0.2, 0) is 24.6 Å². The second-order valence-electron chi connectivity index (χ2n) is 2.31. The van der Waals surface area contributed by atoms with Crippen LogP contribution in [0.3, 0.4) is 0 Å². The van der Waals surface area contributed by atoms with E-state index >= 15 is 0 Å². The molecule has 0 aliphatic rings. The summed E-state index contributed by atoms with van der Waals surface area (Å²) >= 11 is -0.716. The minimum absolute atomic E-state index is 0.716. The zero-order valence-electron chi connectivity index (χ0n) is 6.09. The van der Waals surface area contributed by atoms with Crippen LogP contribution in [0.15, 0.2) is 43.0 Å². The average Bonchev–Trinajstić information content (AvgIpc) is 2.03. The summed E-state index contributed by atoms with van der Waals surface area (Å²) in [7, 11) is 0. The predicted octanol–water partition coefficient (Wildman–Crippen LogP) is 2.00. The van der Waals surface area contributed by atoms with E-state index in [1.165, 1.54) is 3.93 Å². The Hall–Kier alpha value is -0.105. The molecule has 1 aromatic carbocycles. The van der Waals surface area contributed by atoms with Crippen molar-refractivity contribution in [3.05, 3.63) is 43.0 Å². The van der Waals surface area contributed by atoms with Crippen LogP contribution in [0.4, 0.5) is 0 Å². The molecule has 0 unspecified atom stereocenters. The Morgan fingerprint density at radius 3 is 2.60 bits per heavy atom. The van der Waals surface area contributed by atoms with Gasteiger partial charge >= 0.3 is 74.6 Å². The Kier molecular flexibility index (Phi) is 3.73. The van der Waals surface area contributed by atoms with Gasteiger partial charge < -0.3 is 0 Å². The third kappa shape index (κ3) is 2.65. The molecule has 48 valence electrons. The quantitative estimate of drug-likeness (QED) is 0.591. The molecule has 0 spiro atoms. The normalized spacial score (nSPS) is 8.40. The van der Waals surface area contributed by atoms with Crippen molar-refractivity contribution < 1.29 is 24.6 Å². The second-order valence-corrected chi connectivity index (χ2v) is 9.68. The van der Waals surface area contributed by atoms with Gasteiger partial charge in [0.15, 0.2) is 0 Å². The average molecular weight is 319 g/mol. The van der Waals surface area contributed by atoms with E-state index in [1.54, 1.807) is 3.07 Å². The summed E-state index contributed by atoms with van der Waals surface area (Å²) in [5, 5.41) is 0. The number of hydrogen-bond donors (Lipinski definition) is 0. The maximum absolute atomic E-state index is 3.73. The second kappa shape index (κ2) is 4.67. The van der Waals surface area contributed by atoms with Crippen molar-refractivity contribution >= 4 is 3.07 Å². The molecule has 0 atom stereocenters. The fourth-order valence-corrected chi connectivity index (χ4v) is 5.36. The fourth-order valence-electron chi connectivity index (χ4n) is 0.913. The van der Waals surface area contributed by atoms with Crippen molar-refractivity contribution in [3.63, 3.8) is 0 Å². The molecule has 1 heteroatoms. The Labute approximate surface area is 74.4 Å². The molecule has 0 aromatic heterocycles. The summed E-state index contributed by atoms with van der Waals surface area (Å²) in [6.07, 6.45) is 2.05. The van der Waals surface area contributed by atoms with E-state index in [4.69, 9.17) is 0 Å². The first-order chi connectivity index (χ1) is 4.93. The molecule has 0 amide bonds. The molecule has 1 aromatic rings. The molecule has 0 N–H and O–H groups in total. The van der Waals surface area contributed by atoms with E-state index in [1.807, 2.05) is 0 Å². The van der Waals surface area contributed by atoms with Crippen LogP contribution in [0.5, 0.6) is 0 Å². The van der Waals surface area contributed by atoms with Crippen molar-refractivity contribution in [1.82, 2.24) is 0 Å². The summed E-state index contributed by atoms with van der Waals surface area (Å²) in [6, 6.07) is 10.8. The van der Waals surface area contributed by atoms with Gasteiger partial charge in [-0.15, -0.1) is 0 Å². The number of hydrogen-bond acceptors (Lipinski definition) is 0. The Morgan fingerprint density at radius 2 is 2.00 bits per heavy atom. The van der Waals surface area contributed by atoms with Crippen molar-refractivity contribution in [2.75, 3.05) is 0 Å². The molecule has 1 rings (SSSR count). The van der Waals surface area contributed by atoms with Crippen molar-refractivity contribution in [3.8, 4) is 0 Å². The number of benzene rings is 1. The third-order valence-electron chi connectivity index (χ3n) is 1.48. The Balaban J connectivity index is 2.50. The first-order valence-corrected chi connectivity index (χ1v) is 10.2.